The summed E-state index contributed by atoms with van der Waals surface area (Å²) in [7, 11) is 0. The summed E-state index contributed by atoms with van der Waals surface area (Å²) in [5.74, 6) is -1.93. The molecular weight excluding hydrogens is 344 g/mol. The first-order valence-electron chi connectivity index (χ1n) is 8.98. The highest BCUT2D eigenvalue weighted by atomic mass is 16.4. The minimum Gasteiger partial charge on any atom is -0.481 e. The molecule has 0 heterocycles. The fraction of sp³-hybridized carbons (Fsp3) is 0.286. The molecule has 3 atom stereocenters. The molecule has 0 spiro atoms. The molecule has 1 aliphatic rings. The fourth-order valence-electron chi connectivity index (χ4n) is 3.37. The van der Waals surface area contributed by atoms with Crippen molar-refractivity contribution in [3.05, 3.63) is 71.8 Å². The zero-order valence-electron chi connectivity index (χ0n) is 14.8. The molecule has 0 aliphatic heterocycles. The SMILES string of the molecule is O=C(NC(C(=O)N[C@H]1CC[C@@H](C(=O)O)C1)c1ccccc1)c1ccccc1. The van der Waals surface area contributed by atoms with E-state index in [-0.39, 0.29) is 17.9 Å². The lowest BCUT2D eigenvalue weighted by Crippen LogP contribution is -2.43. The van der Waals surface area contributed by atoms with Gasteiger partial charge in [-0.25, -0.2) is 0 Å². The Morgan fingerprint density at radius 1 is 0.926 bits per heavy atom. The molecule has 1 unspecified atom stereocenters. The molecule has 3 rings (SSSR count). The van der Waals surface area contributed by atoms with E-state index in [1.165, 1.54) is 0 Å². The van der Waals surface area contributed by atoms with Gasteiger partial charge in [0.1, 0.15) is 6.04 Å². The van der Waals surface area contributed by atoms with Crippen molar-refractivity contribution in [1.82, 2.24) is 10.6 Å². The maximum Gasteiger partial charge on any atom is 0.306 e. The summed E-state index contributed by atoms with van der Waals surface area (Å²) in [6.45, 7) is 0. The molecule has 2 aromatic carbocycles. The molecule has 0 aromatic heterocycles. The lowest BCUT2D eigenvalue weighted by Gasteiger charge is -2.21. The number of benzene rings is 2. The van der Waals surface area contributed by atoms with Crippen LogP contribution in [0.2, 0.25) is 0 Å². The monoisotopic (exact) mass is 366 g/mol. The zero-order valence-corrected chi connectivity index (χ0v) is 14.8. The van der Waals surface area contributed by atoms with Crippen molar-refractivity contribution in [3.8, 4) is 0 Å². The number of hydrogen-bond donors (Lipinski definition) is 3. The highest BCUT2D eigenvalue weighted by molar-refractivity contribution is 5.97. The van der Waals surface area contributed by atoms with Gasteiger partial charge >= 0.3 is 5.97 Å². The average molecular weight is 366 g/mol. The van der Waals surface area contributed by atoms with E-state index in [4.69, 9.17) is 5.11 Å². The Balaban J connectivity index is 1.73. The van der Waals surface area contributed by atoms with Gasteiger partial charge in [0.15, 0.2) is 0 Å². The number of carboxylic acid groups (broad SMARTS) is 1. The van der Waals surface area contributed by atoms with Gasteiger partial charge in [-0.15, -0.1) is 0 Å². The molecule has 140 valence electrons. The zero-order chi connectivity index (χ0) is 19.2. The van der Waals surface area contributed by atoms with Crippen molar-refractivity contribution >= 4 is 17.8 Å². The molecule has 3 N–H and O–H groups in total. The first-order chi connectivity index (χ1) is 13.0. The second kappa shape index (κ2) is 8.49. The first kappa shape index (κ1) is 18.6. The quantitative estimate of drug-likeness (QED) is 0.732. The Bertz CT molecular complexity index is 807. The van der Waals surface area contributed by atoms with Gasteiger partial charge < -0.3 is 15.7 Å². The number of carboxylic acids is 1. The second-order valence-corrected chi connectivity index (χ2v) is 6.74. The number of rotatable bonds is 6. The van der Waals surface area contributed by atoms with Crippen LogP contribution in [0.15, 0.2) is 60.7 Å². The standard InChI is InChI=1S/C21H22N2O4/c24-19(15-9-5-2-6-10-15)23-18(14-7-3-1-4-8-14)20(25)22-17-12-11-16(13-17)21(26)27/h1-10,16-18H,11-13H2,(H,22,25)(H,23,24)(H,26,27)/t16-,17+,18?/m1/s1. The summed E-state index contributed by atoms with van der Waals surface area (Å²) < 4.78 is 0. The molecular formula is C21H22N2O4. The molecule has 1 saturated carbocycles. The summed E-state index contributed by atoms with van der Waals surface area (Å²) in [4.78, 5) is 36.5. The highest BCUT2D eigenvalue weighted by Gasteiger charge is 2.32. The Hall–Kier alpha value is -3.15. The van der Waals surface area contributed by atoms with Crippen molar-refractivity contribution in [2.75, 3.05) is 0 Å². The summed E-state index contributed by atoms with van der Waals surface area (Å²) in [5, 5.41) is 14.8. The predicted octanol–water partition coefficient (Wildman–Crippen LogP) is 2.53. The van der Waals surface area contributed by atoms with Crippen molar-refractivity contribution in [2.24, 2.45) is 5.92 Å². The van der Waals surface area contributed by atoms with Crippen molar-refractivity contribution in [3.63, 3.8) is 0 Å². The van der Waals surface area contributed by atoms with Crippen LogP contribution >= 0.6 is 0 Å². The Morgan fingerprint density at radius 3 is 2.15 bits per heavy atom. The molecule has 27 heavy (non-hydrogen) atoms. The van der Waals surface area contributed by atoms with E-state index in [0.717, 1.165) is 0 Å². The maximum absolute atomic E-state index is 12.9. The molecule has 1 fully saturated rings. The van der Waals surface area contributed by atoms with Gasteiger partial charge in [0.05, 0.1) is 5.92 Å². The fourth-order valence-corrected chi connectivity index (χ4v) is 3.37. The van der Waals surface area contributed by atoms with Gasteiger partial charge in [-0.1, -0.05) is 48.5 Å². The number of hydrogen-bond acceptors (Lipinski definition) is 3. The Kier molecular flexibility index (Phi) is 5.86. The number of amides is 2. The van der Waals surface area contributed by atoms with Gasteiger partial charge in [0.25, 0.3) is 5.91 Å². The average Bonchev–Trinajstić information content (AvgIpc) is 3.16. The van der Waals surface area contributed by atoms with Gasteiger partial charge in [-0.3, -0.25) is 14.4 Å². The molecule has 0 radical (unpaired) electrons. The molecule has 1 aliphatic carbocycles. The van der Waals surface area contributed by atoms with E-state index >= 15 is 0 Å². The summed E-state index contributed by atoms with van der Waals surface area (Å²) in [6.07, 6.45) is 1.58. The summed E-state index contributed by atoms with van der Waals surface area (Å²) >= 11 is 0. The van der Waals surface area contributed by atoms with Crippen LogP contribution in [0.4, 0.5) is 0 Å². The van der Waals surface area contributed by atoms with Crippen LogP contribution in [-0.4, -0.2) is 28.9 Å². The molecule has 2 amide bonds. The van der Waals surface area contributed by atoms with E-state index in [1.54, 1.807) is 48.5 Å². The van der Waals surface area contributed by atoms with E-state index in [9.17, 15) is 14.4 Å². The van der Waals surface area contributed by atoms with Crippen LogP contribution in [0, 0.1) is 5.92 Å². The maximum atomic E-state index is 12.9. The van der Waals surface area contributed by atoms with E-state index < -0.39 is 17.9 Å². The third kappa shape index (κ3) is 4.73. The lowest BCUT2D eigenvalue weighted by atomic mass is 10.0. The summed E-state index contributed by atoms with van der Waals surface area (Å²) in [5.41, 5.74) is 1.14. The third-order valence-corrected chi connectivity index (χ3v) is 4.83. The van der Waals surface area contributed by atoms with Gasteiger partial charge in [0, 0.05) is 11.6 Å². The van der Waals surface area contributed by atoms with Crippen LogP contribution in [0.25, 0.3) is 0 Å². The molecule has 6 nitrogen and oxygen atoms in total. The van der Waals surface area contributed by atoms with Crippen molar-refractivity contribution in [1.29, 1.82) is 0 Å². The van der Waals surface area contributed by atoms with Crippen molar-refractivity contribution < 1.29 is 19.5 Å². The number of carbonyl (C=O) groups excluding carboxylic acids is 2. The number of aliphatic carboxylic acids is 1. The predicted molar refractivity (Wildman–Crippen MR) is 100.0 cm³/mol. The molecule has 0 bridgehead atoms. The molecule has 6 heteroatoms. The first-order valence-corrected chi connectivity index (χ1v) is 8.98. The van der Waals surface area contributed by atoms with Crippen LogP contribution in [0.5, 0.6) is 0 Å². The highest BCUT2D eigenvalue weighted by Crippen LogP contribution is 2.26. The largest absolute Gasteiger partial charge is 0.481 e. The minimum absolute atomic E-state index is 0.196. The lowest BCUT2D eigenvalue weighted by molar-refractivity contribution is -0.141. The van der Waals surface area contributed by atoms with Crippen LogP contribution in [-0.2, 0) is 9.59 Å². The topological polar surface area (TPSA) is 95.5 Å². The second-order valence-electron chi connectivity index (χ2n) is 6.74. The van der Waals surface area contributed by atoms with Crippen LogP contribution in [0.1, 0.15) is 41.2 Å². The van der Waals surface area contributed by atoms with Gasteiger partial charge in [-0.2, -0.15) is 0 Å². The van der Waals surface area contributed by atoms with Gasteiger partial charge in [-0.05, 0) is 37.0 Å². The molecule has 0 saturated heterocycles. The minimum atomic E-state index is -0.845. The van der Waals surface area contributed by atoms with E-state index in [1.807, 2.05) is 12.1 Å². The number of nitrogens with one attached hydrogen (secondary N) is 2. The Morgan fingerprint density at radius 2 is 1.56 bits per heavy atom. The van der Waals surface area contributed by atoms with E-state index in [2.05, 4.69) is 10.6 Å². The van der Waals surface area contributed by atoms with Crippen molar-refractivity contribution in [2.45, 2.75) is 31.3 Å². The van der Waals surface area contributed by atoms with E-state index in [0.29, 0.717) is 30.4 Å². The number of carbonyl (C=O) groups is 3. The third-order valence-electron chi connectivity index (χ3n) is 4.83. The normalized spacial score (nSPS) is 19.9. The Labute approximate surface area is 157 Å². The van der Waals surface area contributed by atoms with Crippen LogP contribution < -0.4 is 10.6 Å². The summed E-state index contributed by atoms with van der Waals surface area (Å²) in [6, 6.07) is 16.7. The smallest absolute Gasteiger partial charge is 0.306 e. The van der Waals surface area contributed by atoms with Crippen LogP contribution in [0.3, 0.4) is 0 Å². The van der Waals surface area contributed by atoms with Gasteiger partial charge in [0.2, 0.25) is 5.91 Å². The molecule has 2 aromatic rings.